The third kappa shape index (κ3) is 3.91. The number of thioether (sulfide) groups is 1. The smallest absolute Gasteiger partial charge is 0.220 e. The van der Waals surface area contributed by atoms with Gasteiger partial charge in [0.05, 0.1) is 12.6 Å². The lowest BCUT2D eigenvalue weighted by Crippen LogP contribution is -2.40. The van der Waals surface area contributed by atoms with Crippen LogP contribution in [-0.2, 0) is 0 Å². The Morgan fingerprint density at radius 1 is 1.09 bits per heavy atom. The van der Waals surface area contributed by atoms with E-state index >= 15 is 0 Å². The molecule has 3 aliphatic heterocycles. The maximum absolute atomic E-state index is 14.9. The first-order valence-electron chi connectivity index (χ1n) is 11.2. The van der Waals surface area contributed by atoms with Crippen molar-refractivity contribution in [2.75, 3.05) is 12.8 Å². The minimum absolute atomic E-state index is 0.0478. The molecule has 2 fully saturated rings. The van der Waals surface area contributed by atoms with Gasteiger partial charge in [-0.25, -0.2) is 13.8 Å². The molecule has 32 heavy (non-hydrogen) atoms. The van der Waals surface area contributed by atoms with E-state index in [0.29, 0.717) is 11.5 Å². The summed E-state index contributed by atoms with van der Waals surface area (Å²) in [6, 6.07) is 10.7. The number of rotatable bonds is 5. The van der Waals surface area contributed by atoms with Gasteiger partial charge in [0.15, 0.2) is 17.4 Å². The normalized spacial score (nSPS) is 26.5. The third-order valence-electron chi connectivity index (χ3n) is 6.79. The second-order valence-electron chi connectivity index (χ2n) is 8.68. The molecule has 3 aliphatic rings. The second-order valence-corrected chi connectivity index (χ2v) is 9.56. The first kappa shape index (κ1) is 21.4. The van der Waals surface area contributed by atoms with Crippen molar-refractivity contribution < 1.29 is 13.5 Å². The van der Waals surface area contributed by atoms with Crippen molar-refractivity contribution in [1.82, 2.24) is 4.90 Å². The SMILES string of the molecule is CCC1C=NC(N2C3CCC2C(Oc2c(F)cc(-c4ccc(SC)cc4)cc2F)C3)=NC1. The molecule has 2 bridgehead atoms. The van der Waals surface area contributed by atoms with Crippen LogP contribution < -0.4 is 4.74 Å². The number of hydrogen-bond acceptors (Lipinski definition) is 5. The number of ether oxygens (including phenoxy) is 1. The van der Waals surface area contributed by atoms with Crippen molar-refractivity contribution >= 4 is 23.9 Å². The van der Waals surface area contributed by atoms with Gasteiger partial charge in [0.2, 0.25) is 5.96 Å². The minimum atomic E-state index is -0.665. The highest BCUT2D eigenvalue weighted by molar-refractivity contribution is 7.98. The first-order chi connectivity index (χ1) is 15.6. The van der Waals surface area contributed by atoms with E-state index in [1.54, 1.807) is 11.8 Å². The third-order valence-corrected chi connectivity index (χ3v) is 7.54. The van der Waals surface area contributed by atoms with Gasteiger partial charge in [0.25, 0.3) is 0 Å². The van der Waals surface area contributed by atoms with Gasteiger partial charge in [-0.05, 0) is 60.9 Å². The van der Waals surface area contributed by atoms with Gasteiger partial charge in [-0.2, -0.15) is 0 Å². The quantitative estimate of drug-likeness (QED) is 0.535. The molecule has 0 N–H and O–H groups in total. The summed E-state index contributed by atoms with van der Waals surface area (Å²) in [5, 5.41) is 0. The van der Waals surface area contributed by atoms with Crippen LogP contribution in [0, 0.1) is 17.6 Å². The van der Waals surface area contributed by atoms with Crippen LogP contribution >= 0.6 is 11.8 Å². The van der Waals surface area contributed by atoms with E-state index < -0.39 is 11.6 Å². The van der Waals surface area contributed by atoms with Gasteiger partial charge in [0, 0.05) is 29.5 Å². The Morgan fingerprint density at radius 3 is 2.47 bits per heavy atom. The standard InChI is InChI=1S/C25H27F2N3OS/c1-3-15-13-28-25(29-14-15)30-18-6-9-22(30)23(12-18)31-24-20(26)10-17(11-21(24)27)16-4-7-19(32-2)8-5-16/h4-5,7-8,10-11,13,15,18,22-23H,3,6,9,12,14H2,1-2H3. The Bertz CT molecular complexity index is 1030. The predicted molar refractivity (Wildman–Crippen MR) is 126 cm³/mol. The van der Waals surface area contributed by atoms with Crippen molar-refractivity contribution in [3.63, 3.8) is 0 Å². The van der Waals surface area contributed by atoms with E-state index in [4.69, 9.17) is 4.74 Å². The van der Waals surface area contributed by atoms with Gasteiger partial charge in [0.1, 0.15) is 6.10 Å². The maximum atomic E-state index is 14.9. The average molecular weight is 456 g/mol. The molecule has 3 heterocycles. The molecule has 0 aliphatic carbocycles. The summed E-state index contributed by atoms with van der Waals surface area (Å²) < 4.78 is 35.8. The summed E-state index contributed by atoms with van der Waals surface area (Å²) in [4.78, 5) is 12.6. The van der Waals surface area contributed by atoms with Crippen molar-refractivity contribution in [2.45, 2.75) is 55.7 Å². The van der Waals surface area contributed by atoms with Crippen molar-refractivity contribution in [1.29, 1.82) is 0 Å². The van der Waals surface area contributed by atoms with Gasteiger partial charge < -0.3 is 9.64 Å². The number of halogens is 2. The predicted octanol–water partition coefficient (Wildman–Crippen LogP) is 5.80. The highest BCUT2D eigenvalue weighted by Crippen LogP contribution is 2.41. The molecule has 0 radical (unpaired) electrons. The Kier molecular flexibility index (Phi) is 5.93. The average Bonchev–Trinajstić information content (AvgIpc) is 3.39. The zero-order chi connectivity index (χ0) is 22.2. The highest BCUT2D eigenvalue weighted by Gasteiger charge is 2.49. The molecular weight excluding hydrogens is 428 g/mol. The molecular formula is C25H27F2N3OS. The summed E-state index contributed by atoms with van der Waals surface area (Å²) in [7, 11) is 0. The number of fused-ring (bicyclic) bond motifs is 2. The summed E-state index contributed by atoms with van der Waals surface area (Å²) >= 11 is 1.63. The van der Waals surface area contributed by atoms with Gasteiger partial charge in [-0.15, -0.1) is 11.8 Å². The number of hydrogen-bond donors (Lipinski definition) is 0. The fourth-order valence-corrected chi connectivity index (χ4v) is 5.40. The van der Waals surface area contributed by atoms with Crippen LogP contribution in [0.1, 0.15) is 32.6 Å². The zero-order valence-electron chi connectivity index (χ0n) is 18.3. The molecule has 2 aromatic carbocycles. The lowest BCUT2D eigenvalue weighted by molar-refractivity contribution is 0.147. The van der Waals surface area contributed by atoms with E-state index in [9.17, 15) is 8.78 Å². The molecule has 0 aromatic heterocycles. The second kappa shape index (κ2) is 8.85. The number of guanidine groups is 1. The molecule has 4 unspecified atom stereocenters. The molecule has 4 atom stereocenters. The molecule has 168 valence electrons. The Balaban J connectivity index is 1.33. The summed E-state index contributed by atoms with van der Waals surface area (Å²) in [5.41, 5.74) is 1.28. The highest BCUT2D eigenvalue weighted by atomic mass is 32.2. The van der Waals surface area contributed by atoms with Crippen molar-refractivity contribution in [2.24, 2.45) is 15.9 Å². The molecule has 2 saturated heterocycles. The Hall–Kier alpha value is -2.41. The van der Waals surface area contributed by atoms with Crippen LogP contribution in [0.25, 0.3) is 11.1 Å². The Labute approximate surface area is 191 Å². The summed E-state index contributed by atoms with van der Waals surface area (Å²) in [6.07, 6.45) is 7.41. The van der Waals surface area contributed by atoms with E-state index in [0.717, 1.165) is 48.6 Å². The van der Waals surface area contributed by atoms with Gasteiger partial charge in [-0.1, -0.05) is 19.1 Å². The first-order valence-corrected chi connectivity index (χ1v) is 12.5. The number of nitrogens with zero attached hydrogens (tertiary/aromatic N) is 3. The molecule has 0 amide bonds. The van der Waals surface area contributed by atoms with Crippen molar-refractivity contribution in [3.8, 4) is 16.9 Å². The monoisotopic (exact) mass is 455 g/mol. The largest absolute Gasteiger partial charge is 0.482 e. The van der Waals surface area contributed by atoms with Crippen molar-refractivity contribution in [3.05, 3.63) is 48.0 Å². The summed E-state index contributed by atoms with van der Waals surface area (Å²) in [6.45, 7) is 2.88. The van der Waals surface area contributed by atoms with E-state index in [-0.39, 0.29) is 23.9 Å². The fraction of sp³-hybridized carbons (Fsp3) is 0.440. The van der Waals surface area contributed by atoms with Crippen LogP contribution in [-0.4, -0.2) is 48.1 Å². The van der Waals surface area contributed by atoms with Crippen LogP contribution in [0.2, 0.25) is 0 Å². The molecule has 0 spiro atoms. The minimum Gasteiger partial charge on any atom is -0.482 e. The lowest BCUT2D eigenvalue weighted by Gasteiger charge is -2.27. The van der Waals surface area contributed by atoms with Crippen LogP contribution in [0.3, 0.4) is 0 Å². The molecule has 5 rings (SSSR count). The zero-order valence-corrected chi connectivity index (χ0v) is 19.1. The van der Waals surface area contributed by atoms with Crippen LogP contribution in [0.4, 0.5) is 8.78 Å². The molecule has 7 heteroatoms. The maximum Gasteiger partial charge on any atom is 0.220 e. The van der Waals surface area contributed by atoms with Crippen LogP contribution in [0.5, 0.6) is 5.75 Å². The lowest BCUT2D eigenvalue weighted by atomic mass is 9.97. The number of aliphatic imine (C=N–C) groups is 2. The number of benzene rings is 2. The fourth-order valence-electron chi connectivity index (χ4n) is 4.99. The van der Waals surface area contributed by atoms with E-state index in [1.165, 1.54) is 12.1 Å². The van der Waals surface area contributed by atoms with Gasteiger partial charge in [-0.3, -0.25) is 4.99 Å². The molecule has 2 aromatic rings. The summed E-state index contributed by atoms with van der Waals surface area (Å²) in [5.74, 6) is -0.473. The topological polar surface area (TPSA) is 37.2 Å². The molecule has 0 saturated carbocycles. The van der Waals surface area contributed by atoms with E-state index in [1.807, 2.05) is 36.7 Å². The van der Waals surface area contributed by atoms with E-state index in [2.05, 4.69) is 21.8 Å². The molecule has 4 nitrogen and oxygen atoms in total. The van der Waals surface area contributed by atoms with Gasteiger partial charge >= 0.3 is 0 Å². The van der Waals surface area contributed by atoms with Crippen LogP contribution in [0.15, 0.2) is 51.3 Å². The Morgan fingerprint density at radius 2 is 1.84 bits per heavy atom.